The Morgan fingerprint density at radius 2 is 1.54 bits per heavy atom. The summed E-state index contributed by atoms with van der Waals surface area (Å²) < 4.78 is 0. The third kappa shape index (κ3) is 4.54. The van der Waals surface area contributed by atoms with Crippen molar-refractivity contribution in [2.45, 2.75) is 54.8 Å². The quantitative estimate of drug-likeness (QED) is 0.572. The molecule has 1 radical (unpaired) electrons. The van der Waals surface area contributed by atoms with Gasteiger partial charge >= 0.3 is 0 Å². The first-order valence-corrected chi connectivity index (χ1v) is 5.13. The van der Waals surface area contributed by atoms with Gasteiger partial charge in [-0.3, -0.25) is 0 Å². The normalized spacial score (nSPS) is 12.5. The van der Waals surface area contributed by atoms with Crippen LogP contribution in [0.3, 0.4) is 0 Å². The molecule has 0 N–H and O–H groups in total. The third-order valence-electron chi connectivity index (χ3n) is 3.11. The van der Waals surface area contributed by atoms with Gasteiger partial charge in [0.15, 0.2) is 0 Å². The molecule has 0 bridgehead atoms. The topological polar surface area (TPSA) is 0 Å². The van der Waals surface area contributed by atoms with Crippen LogP contribution in [-0.4, -0.2) is 7.28 Å². The lowest BCUT2D eigenvalue weighted by molar-refractivity contribution is 0.157. The van der Waals surface area contributed by atoms with Gasteiger partial charge in [-0.1, -0.05) is 46.5 Å². The Morgan fingerprint density at radius 3 is 1.85 bits per heavy atom. The van der Waals surface area contributed by atoms with Crippen molar-refractivity contribution in [2.24, 2.45) is 10.8 Å². The summed E-state index contributed by atoms with van der Waals surface area (Å²) in [5.41, 5.74) is 2.13. The predicted octanol–water partition coefficient (Wildman–Crippen LogP) is 4.10. The highest BCUT2D eigenvalue weighted by Gasteiger charge is 2.31. The van der Waals surface area contributed by atoms with Crippen molar-refractivity contribution in [3.05, 3.63) is 11.5 Å². The van der Waals surface area contributed by atoms with Crippen LogP contribution in [0, 0.1) is 10.8 Å². The zero-order valence-electron chi connectivity index (χ0n) is 10.4. The molecule has 75 valence electrons. The van der Waals surface area contributed by atoms with Crippen LogP contribution >= 0.6 is 0 Å². The van der Waals surface area contributed by atoms with Crippen LogP contribution in [0.15, 0.2) is 11.5 Å². The lowest BCUT2D eigenvalue weighted by Crippen LogP contribution is -2.30. The maximum atomic E-state index is 2.34. The summed E-state index contributed by atoms with van der Waals surface area (Å²) >= 11 is 0. The molecule has 0 aliphatic heterocycles. The van der Waals surface area contributed by atoms with Gasteiger partial charge in [0.05, 0.1) is 0 Å². The zero-order valence-corrected chi connectivity index (χ0v) is 10.4. The van der Waals surface area contributed by atoms with Gasteiger partial charge in [-0.05, 0) is 24.7 Å². The molecular weight excluding hydrogens is 155 g/mol. The highest BCUT2D eigenvalue weighted by atomic mass is 14.3. The Morgan fingerprint density at radius 1 is 1.08 bits per heavy atom. The highest BCUT2D eigenvalue weighted by molar-refractivity contribution is 6.42. The Bertz CT molecular complexity index is 178. The first-order chi connectivity index (χ1) is 5.67. The number of allylic oxidation sites excluding steroid dienone is 1. The Hall–Kier alpha value is -0.195. The van der Waals surface area contributed by atoms with E-state index in [0.29, 0.717) is 10.8 Å². The van der Waals surface area contributed by atoms with E-state index in [-0.39, 0.29) is 0 Å². The maximum absolute atomic E-state index is 2.34. The lowest BCUT2D eigenvalue weighted by Gasteiger charge is -2.39. The van der Waals surface area contributed by atoms with Gasteiger partial charge in [0, 0.05) is 0 Å². The Balaban J connectivity index is 4.12. The summed E-state index contributed by atoms with van der Waals surface area (Å²) in [4.78, 5) is 0. The standard InChI is InChI=1S/C12H24B/c1-10(2)8-13-9-12(6,7)11(3,4)5/h8H,9H2,1-7H3. The molecule has 0 atom stereocenters. The molecule has 0 saturated heterocycles. The third-order valence-corrected chi connectivity index (χ3v) is 3.11. The van der Waals surface area contributed by atoms with Crippen molar-refractivity contribution in [1.82, 2.24) is 0 Å². The van der Waals surface area contributed by atoms with E-state index in [1.165, 1.54) is 5.57 Å². The second-order valence-electron chi connectivity index (χ2n) is 5.82. The first kappa shape index (κ1) is 12.8. The second-order valence-corrected chi connectivity index (χ2v) is 5.82. The molecule has 13 heavy (non-hydrogen) atoms. The number of hydrogen-bond acceptors (Lipinski definition) is 0. The van der Waals surface area contributed by atoms with E-state index in [1.807, 2.05) is 0 Å². The smallest absolute Gasteiger partial charge is 0.124 e. The van der Waals surface area contributed by atoms with E-state index in [1.54, 1.807) is 0 Å². The van der Waals surface area contributed by atoms with Crippen molar-refractivity contribution in [3.63, 3.8) is 0 Å². The van der Waals surface area contributed by atoms with Gasteiger partial charge in [0.2, 0.25) is 0 Å². The summed E-state index contributed by atoms with van der Waals surface area (Å²) in [6.07, 6.45) is 1.15. The first-order valence-electron chi connectivity index (χ1n) is 5.13. The average molecular weight is 179 g/mol. The van der Waals surface area contributed by atoms with Crippen LogP contribution in [0.25, 0.3) is 0 Å². The van der Waals surface area contributed by atoms with Gasteiger partial charge in [-0.15, -0.1) is 5.98 Å². The molecule has 0 aromatic rings. The summed E-state index contributed by atoms with van der Waals surface area (Å²) in [7, 11) is 2.29. The van der Waals surface area contributed by atoms with Crippen molar-refractivity contribution in [1.29, 1.82) is 0 Å². The van der Waals surface area contributed by atoms with Crippen molar-refractivity contribution in [3.8, 4) is 0 Å². The summed E-state index contributed by atoms with van der Waals surface area (Å²) in [6, 6.07) is 0. The fraction of sp³-hybridized carbons (Fsp3) is 0.833. The number of hydrogen-bond donors (Lipinski definition) is 0. The molecule has 0 spiro atoms. The fourth-order valence-corrected chi connectivity index (χ4v) is 0.895. The molecule has 0 rings (SSSR count). The number of rotatable bonds is 3. The van der Waals surface area contributed by atoms with Crippen molar-refractivity contribution >= 4 is 7.28 Å². The zero-order chi connectivity index (χ0) is 10.7. The van der Waals surface area contributed by atoms with Crippen LogP contribution < -0.4 is 0 Å². The van der Waals surface area contributed by atoms with Crippen molar-refractivity contribution in [2.75, 3.05) is 0 Å². The Labute approximate surface area is 85.1 Å². The van der Waals surface area contributed by atoms with Gasteiger partial charge < -0.3 is 0 Å². The van der Waals surface area contributed by atoms with E-state index < -0.39 is 0 Å². The van der Waals surface area contributed by atoms with Crippen LogP contribution in [0.5, 0.6) is 0 Å². The lowest BCUT2D eigenvalue weighted by atomic mass is 9.55. The van der Waals surface area contributed by atoms with Gasteiger partial charge in [0.1, 0.15) is 7.28 Å². The molecule has 0 unspecified atom stereocenters. The van der Waals surface area contributed by atoms with E-state index in [2.05, 4.69) is 61.7 Å². The van der Waals surface area contributed by atoms with E-state index in [9.17, 15) is 0 Å². The monoisotopic (exact) mass is 179 g/mol. The van der Waals surface area contributed by atoms with Crippen LogP contribution in [0.1, 0.15) is 48.5 Å². The molecule has 0 heterocycles. The summed E-state index contributed by atoms with van der Waals surface area (Å²) in [5, 5.41) is 0. The molecule has 0 aliphatic rings. The molecule has 0 aliphatic carbocycles. The molecule has 0 saturated carbocycles. The average Bonchev–Trinajstić information content (AvgIpc) is 1.82. The van der Waals surface area contributed by atoms with Crippen LogP contribution in [0.2, 0.25) is 6.32 Å². The largest absolute Gasteiger partial charge is 0.141 e. The van der Waals surface area contributed by atoms with E-state index >= 15 is 0 Å². The maximum Gasteiger partial charge on any atom is 0.141 e. The minimum absolute atomic E-state index is 0.374. The van der Waals surface area contributed by atoms with Gasteiger partial charge in [-0.2, -0.15) is 0 Å². The summed E-state index contributed by atoms with van der Waals surface area (Å²) in [6.45, 7) is 15.9. The SMILES string of the molecule is CC(C)=C[B]CC(C)(C)C(C)(C)C. The van der Waals surface area contributed by atoms with Gasteiger partial charge in [0.25, 0.3) is 0 Å². The molecule has 0 aromatic heterocycles. The van der Waals surface area contributed by atoms with Crippen LogP contribution in [0.4, 0.5) is 0 Å². The molecule has 0 fully saturated rings. The summed E-state index contributed by atoms with van der Waals surface area (Å²) in [5.74, 6) is 2.22. The molecular formula is C12H24B. The molecule has 0 amide bonds. The van der Waals surface area contributed by atoms with E-state index in [4.69, 9.17) is 0 Å². The predicted molar refractivity (Wildman–Crippen MR) is 63.2 cm³/mol. The van der Waals surface area contributed by atoms with Gasteiger partial charge in [-0.25, -0.2) is 0 Å². The second kappa shape index (κ2) is 4.35. The van der Waals surface area contributed by atoms with Crippen LogP contribution in [-0.2, 0) is 0 Å². The Kier molecular flexibility index (Phi) is 4.28. The fourth-order valence-electron chi connectivity index (χ4n) is 0.895. The minimum Gasteiger partial charge on any atom is -0.124 e. The highest BCUT2D eigenvalue weighted by Crippen LogP contribution is 2.40. The molecule has 1 heteroatoms. The van der Waals surface area contributed by atoms with E-state index in [0.717, 1.165) is 6.32 Å². The van der Waals surface area contributed by atoms with Crippen molar-refractivity contribution < 1.29 is 0 Å². The molecule has 0 nitrogen and oxygen atoms in total. The minimum atomic E-state index is 0.374. The molecule has 0 aromatic carbocycles.